The third-order valence-corrected chi connectivity index (χ3v) is 13.7. The molecule has 0 saturated carbocycles. The summed E-state index contributed by atoms with van der Waals surface area (Å²) in [5.74, 6) is 11.2. The smallest absolute Gasteiger partial charge is 0.146 e. The number of unbranched alkanes of at least 4 members (excludes halogenated alkanes) is 6. The minimum absolute atomic E-state index is 0.555. The van der Waals surface area contributed by atoms with Crippen molar-refractivity contribution in [2.24, 2.45) is 0 Å². The molecule has 214 valence electrons. The van der Waals surface area contributed by atoms with Crippen LogP contribution in [0.3, 0.4) is 0 Å². The first kappa shape index (κ1) is 34.1. The second-order valence-corrected chi connectivity index (χ2v) is 17.7. The molecule has 0 aliphatic heterocycles. The normalized spacial score (nSPS) is 11.8. The fourth-order valence-corrected chi connectivity index (χ4v) is 10.5. The lowest BCUT2D eigenvalue weighted by Gasteiger charge is -2.38. The molecular weight excluding hydrogens is 484 g/mol. The summed E-state index contributed by atoms with van der Waals surface area (Å²) < 4.78 is 12.6. The Morgan fingerprint density at radius 2 is 1.13 bits per heavy atom. The van der Waals surface area contributed by atoms with Crippen LogP contribution >= 0.6 is 0 Å². The van der Waals surface area contributed by atoms with Gasteiger partial charge in [0.2, 0.25) is 0 Å². The van der Waals surface area contributed by atoms with E-state index in [-0.39, 0.29) is 0 Å². The lowest BCUT2D eigenvalue weighted by atomic mass is 10.1. The lowest BCUT2D eigenvalue weighted by molar-refractivity contribution is 0.143. The average molecular weight is 541 g/mol. The van der Waals surface area contributed by atoms with Gasteiger partial charge in [-0.15, -0.1) is 5.54 Å². The van der Waals surface area contributed by atoms with Crippen LogP contribution < -0.4 is 9.47 Å². The molecule has 0 atom stereocenters. The maximum atomic E-state index is 10.3. The minimum Gasteiger partial charge on any atom is -0.492 e. The average Bonchev–Trinajstić information content (AvgIpc) is 2.82. The quantitative estimate of drug-likeness (QED) is 0.137. The van der Waals surface area contributed by atoms with Crippen molar-refractivity contribution in [1.82, 2.24) is 0 Å². The molecule has 3 nitrogen and oxygen atoms in total. The van der Waals surface area contributed by atoms with Gasteiger partial charge in [-0.3, -0.25) is 0 Å². The molecule has 0 radical (unpaired) electrons. The van der Waals surface area contributed by atoms with E-state index in [0.29, 0.717) is 29.8 Å². The van der Waals surface area contributed by atoms with Gasteiger partial charge in [-0.1, -0.05) is 112 Å². The van der Waals surface area contributed by atoms with Gasteiger partial charge in [0, 0.05) is 12.1 Å². The zero-order valence-electron chi connectivity index (χ0n) is 26.2. The number of ether oxygens (including phenoxy) is 2. The summed E-state index contributed by atoms with van der Waals surface area (Å²) in [5.41, 5.74) is 6.07. The second kappa shape index (κ2) is 16.9. The van der Waals surface area contributed by atoms with Crippen molar-refractivity contribution in [3.8, 4) is 34.8 Å². The third kappa shape index (κ3) is 11.1. The van der Waals surface area contributed by atoms with Crippen LogP contribution in [0.25, 0.3) is 0 Å². The highest BCUT2D eigenvalue weighted by atomic mass is 28.3. The van der Waals surface area contributed by atoms with E-state index in [1.807, 2.05) is 12.1 Å². The molecule has 0 bridgehead atoms. The summed E-state index contributed by atoms with van der Waals surface area (Å²) in [7, 11) is -1.91. The van der Waals surface area contributed by atoms with Crippen LogP contribution in [0.2, 0.25) is 16.6 Å². The summed E-state index contributed by atoms with van der Waals surface area (Å²) >= 11 is 0. The van der Waals surface area contributed by atoms with Gasteiger partial charge in [0.1, 0.15) is 25.2 Å². The molecule has 38 heavy (non-hydrogen) atoms. The number of rotatable bonds is 15. The zero-order valence-corrected chi connectivity index (χ0v) is 27.2. The van der Waals surface area contributed by atoms with Crippen LogP contribution in [-0.4, -0.2) is 32.0 Å². The van der Waals surface area contributed by atoms with Crippen LogP contribution in [0.1, 0.15) is 132 Å². The molecule has 0 aromatic heterocycles. The van der Waals surface area contributed by atoms with E-state index >= 15 is 0 Å². The van der Waals surface area contributed by atoms with E-state index in [1.54, 1.807) is 13.8 Å². The molecule has 0 aliphatic rings. The van der Waals surface area contributed by atoms with Crippen molar-refractivity contribution in [2.45, 2.75) is 143 Å². The molecule has 1 rings (SSSR count). The topological polar surface area (TPSA) is 38.7 Å². The number of benzene rings is 1. The van der Waals surface area contributed by atoms with E-state index in [4.69, 9.17) is 9.47 Å². The fourth-order valence-electron chi connectivity index (χ4n) is 5.24. The van der Waals surface area contributed by atoms with Crippen molar-refractivity contribution in [3.63, 3.8) is 0 Å². The van der Waals surface area contributed by atoms with Gasteiger partial charge in [0.15, 0.2) is 0 Å². The SMILES string of the molecule is CCCCCCOc1cc(C#C[Si](C(C)C)(C(C)C)C(C)C)c(OCCCCCC)cc1C#CC(C)(C)O. The molecule has 1 aromatic rings. The summed E-state index contributed by atoms with van der Waals surface area (Å²) in [6.07, 6.45) is 9.15. The van der Waals surface area contributed by atoms with Gasteiger partial charge in [0.05, 0.1) is 24.3 Å². The highest BCUT2D eigenvalue weighted by molar-refractivity contribution is 6.90. The number of aliphatic hydroxyl groups is 1. The Morgan fingerprint density at radius 3 is 1.50 bits per heavy atom. The Labute approximate surface area is 236 Å². The van der Waals surface area contributed by atoms with Gasteiger partial charge < -0.3 is 14.6 Å². The van der Waals surface area contributed by atoms with Gasteiger partial charge in [-0.2, -0.15) is 0 Å². The first-order valence-corrected chi connectivity index (χ1v) is 17.3. The summed E-state index contributed by atoms with van der Waals surface area (Å²) in [4.78, 5) is 0. The van der Waals surface area contributed by atoms with Crippen LogP contribution in [0.4, 0.5) is 0 Å². The standard InChI is InChI=1S/C34H56O3Si/c1-11-13-15-17-22-36-32-26-31(20-24-38(27(3)4,28(5)6)29(7)8)33(37-23-18-16-14-12-2)25-30(32)19-21-34(9,10)35/h25-29,35H,11-18,22-23H2,1-10H3. The molecule has 0 amide bonds. The first-order chi connectivity index (χ1) is 17.9. The highest BCUT2D eigenvalue weighted by Gasteiger charge is 2.41. The van der Waals surface area contributed by atoms with Crippen molar-refractivity contribution in [2.75, 3.05) is 13.2 Å². The van der Waals surface area contributed by atoms with Crippen LogP contribution in [0.5, 0.6) is 11.5 Å². The maximum Gasteiger partial charge on any atom is 0.146 e. The van der Waals surface area contributed by atoms with Crippen LogP contribution in [-0.2, 0) is 0 Å². The molecular formula is C34H56O3Si. The molecule has 0 unspecified atom stereocenters. The maximum absolute atomic E-state index is 10.3. The van der Waals surface area contributed by atoms with Gasteiger partial charge in [-0.05, 0) is 43.3 Å². The zero-order chi connectivity index (χ0) is 28.8. The number of hydrogen-bond acceptors (Lipinski definition) is 3. The monoisotopic (exact) mass is 540 g/mol. The second-order valence-electron chi connectivity index (χ2n) is 12.1. The van der Waals surface area contributed by atoms with Crippen molar-refractivity contribution in [1.29, 1.82) is 0 Å². The molecule has 1 N–H and O–H groups in total. The minimum atomic E-state index is -1.91. The molecule has 0 spiro atoms. The van der Waals surface area contributed by atoms with E-state index < -0.39 is 13.7 Å². The largest absolute Gasteiger partial charge is 0.492 e. The Morgan fingerprint density at radius 1 is 0.711 bits per heavy atom. The van der Waals surface area contributed by atoms with Crippen molar-refractivity contribution in [3.05, 3.63) is 23.3 Å². The Hall–Kier alpha value is -1.88. The summed E-state index contributed by atoms with van der Waals surface area (Å²) in [6, 6.07) is 4.01. The molecule has 0 heterocycles. The molecule has 0 aliphatic carbocycles. The van der Waals surface area contributed by atoms with E-state index in [2.05, 4.69) is 78.7 Å². The predicted molar refractivity (Wildman–Crippen MR) is 167 cm³/mol. The molecule has 4 heteroatoms. The predicted octanol–water partition coefficient (Wildman–Crippen LogP) is 9.30. The van der Waals surface area contributed by atoms with Crippen molar-refractivity contribution < 1.29 is 14.6 Å². The first-order valence-electron chi connectivity index (χ1n) is 15.1. The third-order valence-electron chi connectivity index (χ3n) is 7.38. The van der Waals surface area contributed by atoms with Gasteiger partial charge in [0.25, 0.3) is 0 Å². The van der Waals surface area contributed by atoms with Crippen LogP contribution in [0, 0.1) is 23.3 Å². The van der Waals surface area contributed by atoms with E-state index in [0.717, 1.165) is 48.3 Å². The Bertz CT molecular complexity index is 926. The highest BCUT2D eigenvalue weighted by Crippen LogP contribution is 2.41. The molecule has 1 aromatic carbocycles. The van der Waals surface area contributed by atoms with Gasteiger partial charge >= 0.3 is 0 Å². The lowest BCUT2D eigenvalue weighted by Crippen LogP contribution is -2.43. The fraction of sp³-hybridized carbons (Fsp3) is 0.706. The molecule has 0 fully saturated rings. The number of hydrogen-bond donors (Lipinski definition) is 1. The Balaban J connectivity index is 3.61. The van der Waals surface area contributed by atoms with E-state index in [9.17, 15) is 5.11 Å². The van der Waals surface area contributed by atoms with E-state index in [1.165, 1.54) is 25.7 Å². The summed E-state index contributed by atoms with van der Waals surface area (Å²) in [5, 5.41) is 10.3. The Kier molecular flexibility index (Phi) is 15.2. The van der Waals surface area contributed by atoms with Crippen LogP contribution in [0.15, 0.2) is 12.1 Å². The summed E-state index contributed by atoms with van der Waals surface area (Å²) in [6.45, 7) is 23.2. The van der Waals surface area contributed by atoms with Crippen molar-refractivity contribution >= 4 is 8.07 Å². The van der Waals surface area contributed by atoms with Gasteiger partial charge in [-0.25, -0.2) is 0 Å². The molecule has 0 saturated heterocycles.